The molecule has 6 rings (SSSR count). The first-order chi connectivity index (χ1) is 21.6. The number of nitrogens with two attached hydrogens (primary N) is 1. The van der Waals surface area contributed by atoms with E-state index in [1.807, 2.05) is 12.2 Å². The first-order valence-corrected chi connectivity index (χ1v) is 15.8. The Bertz CT molecular complexity index is 1460. The Hall–Kier alpha value is -3.48. The number of dihydropyridines is 1. The Morgan fingerprint density at radius 1 is 1.04 bits per heavy atom. The predicted molar refractivity (Wildman–Crippen MR) is 163 cm³/mol. The second kappa shape index (κ2) is 12.7. The van der Waals surface area contributed by atoms with Crippen LogP contribution in [0.4, 0.5) is 0 Å². The number of fused-ring (bicyclic) bond motifs is 2. The van der Waals surface area contributed by atoms with Crippen LogP contribution in [0.25, 0.3) is 0 Å². The standard InChI is InChI=1S/C34H42N2O9/c35-26-16-19(10-12-36-26)9-11-34(43)31(41)25(17-37)45-33(32(34)42)44-24-8-4-7-21-28(24)30(40)27-22(29(21)39)14-20(15-23(27)38)13-18-5-2-1-3-6-18/h4,7-8,10,14-16,18,22,25,27,31-33,36-38,41-43H,1-3,5-6,9,11-13,17,35H2/t22-,25+,27-,31+,32-,33+,34-/m0/s1. The quantitative estimate of drug-likeness (QED) is 0.225. The molecule has 8 N–H and O–H groups in total. The van der Waals surface area contributed by atoms with E-state index in [4.69, 9.17) is 15.2 Å². The minimum Gasteiger partial charge on any atom is -0.511 e. The second-order valence-corrected chi connectivity index (χ2v) is 12.9. The van der Waals surface area contributed by atoms with Crippen molar-refractivity contribution in [1.29, 1.82) is 0 Å². The number of rotatable bonds is 8. The summed E-state index contributed by atoms with van der Waals surface area (Å²) < 4.78 is 11.7. The van der Waals surface area contributed by atoms with Gasteiger partial charge >= 0.3 is 0 Å². The van der Waals surface area contributed by atoms with Crippen LogP contribution in [0.5, 0.6) is 5.75 Å². The van der Waals surface area contributed by atoms with Crippen molar-refractivity contribution in [2.45, 2.75) is 81.6 Å². The molecular weight excluding hydrogens is 580 g/mol. The molecular formula is C34H42N2O9. The Morgan fingerprint density at radius 2 is 1.82 bits per heavy atom. The SMILES string of the molecule is NC1=CC(CC[C@]2(O)[C@H](O)[C@@H](CO)O[C@@H](Oc3cccc4c3C(=O)[C@@H]3C(O)=CC(CC5CCCCC5)=C[C@@H]3C4=O)[C@@H]2O)=CCN1. The lowest BCUT2D eigenvalue weighted by atomic mass is 9.69. The molecule has 0 aromatic heterocycles. The molecule has 11 nitrogen and oxygen atoms in total. The van der Waals surface area contributed by atoms with Crippen LogP contribution in [-0.4, -0.2) is 80.5 Å². The van der Waals surface area contributed by atoms with E-state index in [1.54, 1.807) is 18.2 Å². The van der Waals surface area contributed by atoms with Gasteiger partial charge in [-0.1, -0.05) is 56.4 Å². The highest BCUT2D eigenvalue weighted by Crippen LogP contribution is 2.44. The van der Waals surface area contributed by atoms with Gasteiger partial charge in [0.1, 0.15) is 35.4 Å². The van der Waals surface area contributed by atoms with Gasteiger partial charge in [0.15, 0.2) is 11.6 Å². The van der Waals surface area contributed by atoms with Gasteiger partial charge in [-0.3, -0.25) is 9.59 Å². The normalized spacial score (nSPS) is 33.6. The topological polar surface area (TPSA) is 192 Å². The molecule has 11 heteroatoms. The molecule has 7 atom stereocenters. The first-order valence-electron chi connectivity index (χ1n) is 15.8. The molecule has 2 fully saturated rings. The third-order valence-corrected chi connectivity index (χ3v) is 9.97. The van der Waals surface area contributed by atoms with E-state index in [-0.39, 0.29) is 41.3 Å². The maximum Gasteiger partial charge on any atom is 0.229 e. The number of ketones is 2. The van der Waals surface area contributed by atoms with Gasteiger partial charge < -0.3 is 46.1 Å². The monoisotopic (exact) mass is 622 g/mol. The molecule has 3 aliphatic carbocycles. The fourth-order valence-electron chi connectivity index (χ4n) is 7.48. The van der Waals surface area contributed by atoms with Gasteiger partial charge in [0, 0.05) is 12.1 Å². The average molecular weight is 623 g/mol. The number of hydrogen-bond donors (Lipinski definition) is 7. The maximum absolute atomic E-state index is 13.9. The number of carbonyl (C=O) groups excluding carboxylic acids is 2. The number of Topliss-reactive ketones (excluding diaryl/α,β-unsaturated/α-hetero) is 2. The molecule has 0 bridgehead atoms. The number of benzene rings is 1. The predicted octanol–water partition coefficient (Wildman–Crippen LogP) is 2.31. The summed E-state index contributed by atoms with van der Waals surface area (Å²) in [4.78, 5) is 27.7. The van der Waals surface area contributed by atoms with Crippen LogP contribution in [0.15, 0.2) is 65.2 Å². The molecule has 0 spiro atoms. The van der Waals surface area contributed by atoms with Crippen molar-refractivity contribution in [3.63, 3.8) is 0 Å². The van der Waals surface area contributed by atoms with Crippen LogP contribution < -0.4 is 15.8 Å². The summed E-state index contributed by atoms with van der Waals surface area (Å²) in [5, 5.41) is 57.8. The van der Waals surface area contributed by atoms with Crippen LogP contribution >= 0.6 is 0 Å². The van der Waals surface area contributed by atoms with Crippen molar-refractivity contribution in [2.24, 2.45) is 23.5 Å². The van der Waals surface area contributed by atoms with Crippen molar-refractivity contribution < 1.29 is 44.6 Å². The lowest BCUT2D eigenvalue weighted by Crippen LogP contribution is -2.68. The van der Waals surface area contributed by atoms with E-state index in [0.717, 1.165) is 30.4 Å². The van der Waals surface area contributed by atoms with E-state index >= 15 is 0 Å². The molecule has 0 amide bonds. The number of hydrogen-bond acceptors (Lipinski definition) is 11. The zero-order chi connectivity index (χ0) is 31.9. The van der Waals surface area contributed by atoms with Crippen LogP contribution in [0.2, 0.25) is 0 Å². The molecule has 1 saturated heterocycles. The minimum absolute atomic E-state index is 0.0562. The minimum atomic E-state index is -2.16. The highest BCUT2D eigenvalue weighted by Gasteiger charge is 2.56. The van der Waals surface area contributed by atoms with Crippen LogP contribution in [0.1, 0.15) is 72.1 Å². The van der Waals surface area contributed by atoms with Crippen molar-refractivity contribution in [3.8, 4) is 5.75 Å². The van der Waals surface area contributed by atoms with E-state index in [2.05, 4.69) is 5.32 Å². The molecule has 1 aromatic rings. The number of aliphatic hydroxyl groups excluding tert-OH is 4. The molecule has 2 aliphatic heterocycles. The number of aliphatic hydroxyl groups is 5. The third-order valence-electron chi connectivity index (χ3n) is 9.97. The average Bonchev–Trinajstić information content (AvgIpc) is 3.03. The Morgan fingerprint density at radius 3 is 2.56 bits per heavy atom. The summed E-state index contributed by atoms with van der Waals surface area (Å²) in [6.45, 7) is -0.191. The van der Waals surface area contributed by atoms with Gasteiger partial charge in [-0.15, -0.1) is 0 Å². The second-order valence-electron chi connectivity index (χ2n) is 12.9. The number of allylic oxidation sites excluding steroid dienone is 6. The number of ether oxygens (including phenoxy) is 2. The Balaban J connectivity index is 1.25. The molecule has 0 unspecified atom stereocenters. The highest BCUT2D eigenvalue weighted by molar-refractivity contribution is 6.19. The summed E-state index contributed by atoms with van der Waals surface area (Å²) in [5.74, 6) is -2.09. The van der Waals surface area contributed by atoms with Gasteiger partial charge in [-0.05, 0) is 54.5 Å². The van der Waals surface area contributed by atoms with E-state index < -0.39 is 54.4 Å². The summed E-state index contributed by atoms with van der Waals surface area (Å²) in [6.07, 6.45) is 7.26. The lowest BCUT2D eigenvalue weighted by molar-refractivity contribution is -0.315. The summed E-state index contributed by atoms with van der Waals surface area (Å²) in [6, 6.07) is 4.52. The van der Waals surface area contributed by atoms with Crippen molar-refractivity contribution >= 4 is 11.6 Å². The summed E-state index contributed by atoms with van der Waals surface area (Å²) in [7, 11) is 0. The maximum atomic E-state index is 13.9. The number of carbonyl (C=O) groups is 2. The third kappa shape index (κ3) is 5.95. The molecule has 2 heterocycles. The number of nitrogens with one attached hydrogen (secondary N) is 1. The van der Waals surface area contributed by atoms with Gasteiger partial charge in [0.25, 0.3) is 0 Å². The molecule has 0 radical (unpaired) electrons. The van der Waals surface area contributed by atoms with Crippen LogP contribution in [0.3, 0.4) is 0 Å². The van der Waals surface area contributed by atoms with Crippen molar-refractivity contribution in [2.75, 3.05) is 13.2 Å². The molecule has 1 aromatic carbocycles. The van der Waals surface area contributed by atoms with Crippen LogP contribution in [-0.2, 0) is 4.74 Å². The zero-order valence-corrected chi connectivity index (χ0v) is 25.1. The van der Waals surface area contributed by atoms with Gasteiger partial charge in [0.05, 0.1) is 29.8 Å². The molecule has 5 aliphatic rings. The van der Waals surface area contributed by atoms with Gasteiger partial charge in [-0.2, -0.15) is 0 Å². The lowest BCUT2D eigenvalue weighted by Gasteiger charge is -2.48. The Labute approximate surface area is 261 Å². The van der Waals surface area contributed by atoms with Gasteiger partial charge in [-0.25, -0.2) is 0 Å². The van der Waals surface area contributed by atoms with E-state index in [0.29, 0.717) is 18.3 Å². The fourth-order valence-corrected chi connectivity index (χ4v) is 7.48. The van der Waals surface area contributed by atoms with Crippen LogP contribution in [0, 0.1) is 17.8 Å². The fraction of sp³-hybridized carbons (Fsp3) is 0.529. The summed E-state index contributed by atoms with van der Waals surface area (Å²) in [5.41, 5.74) is 5.41. The first kappa shape index (κ1) is 31.5. The largest absolute Gasteiger partial charge is 0.511 e. The van der Waals surface area contributed by atoms with E-state index in [1.165, 1.54) is 31.4 Å². The smallest absolute Gasteiger partial charge is 0.229 e. The summed E-state index contributed by atoms with van der Waals surface area (Å²) >= 11 is 0. The van der Waals surface area contributed by atoms with Crippen molar-refractivity contribution in [3.05, 3.63) is 76.4 Å². The molecule has 1 saturated carbocycles. The zero-order valence-electron chi connectivity index (χ0n) is 25.1. The van der Waals surface area contributed by atoms with E-state index in [9.17, 15) is 35.1 Å². The van der Waals surface area contributed by atoms with Gasteiger partial charge in [0.2, 0.25) is 6.29 Å². The Kier molecular flexibility index (Phi) is 8.91. The van der Waals surface area contributed by atoms with Crippen molar-refractivity contribution in [1.82, 2.24) is 5.32 Å². The molecule has 242 valence electrons. The molecule has 45 heavy (non-hydrogen) atoms. The highest BCUT2D eigenvalue weighted by atomic mass is 16.7.